The Bertz CT molecular complexity index is 364. The lowest BCUT2D eigenvalue weighted by Crippen LogP contribution is -2.52. The molecule has 1 unspecified atom stereocenters. The van der Waals surface area contributed by atoms with E-state index in [1.165, 1.54) is 0 Å². The molecular formula is C12H17ClN2O. The smallest absolute Gasteiger partial charge is 0.128 e. The molecule has 1 atom stereocenters. The number of hydrogen-bond acceptors (Lipinski definition) is 3. The van der Waals surface area contributed by atoms with Crippen molar-refractivity contribution in [3.05, 3.63) is 23.4 Å². The molecule has 0 amide bonds. The third-order valence-electron chi connectivity index (χ3n) is 2.61. The van der Waals surface area contributed by atoms with Gasteiger partial charge >= 0.3 is 0 Å². The van der Waals surface area contributed by atoms with E-state index in [9.17, 15) is 0 Å². The summed E-state index contributed by atoms with van der Waals surface area (Å²) in [5, 5.41) is 0.671. The van der Waals surface area contributed by atoms with Crippen LogP contribution in [0.3, 0.4) is 0 Å². The van der Waals surface area contributed by atoms with E-state index < -0.39 is 0 Å². The van der Waals surface area contributed by atoms with Crippen LogP contribution in [-0.2, 0) is 4.74 Å². The van der Waals surface area contributed by atoms with Gasteiger partial charge in [0.05, 0.1) is 16.7 Å². The number of morpholine rings is 1. The standard InChI is InChI=1S/C12H17ClN2O/c1-9-7-15(8-12(2,3)16-9)11-5-4-10(13)6-14-11/h4-6,9H,7-8H2,1-3H3. The fourth-order valence-electron chi connectivity index (χ4n) is 2.18. The Hall–Kier alpha value is -0.800. The van der Waals surface area contributed by atoms with Gasteiger partial charge in [-0.1, -0.05) is 11.6 Å². The fourth-order valence-corrected chi connectivity index (χ4v) is 2.30. The predicted molar refractivity (Wildman–Crippen MR) is 66.1 cm³/mol. The molecule has 2 heterocycles. The van der Waals surface area contributed by atoms with Crippen molar-refractivity contribution >= 4 is 17.4 Å². The van der Waals surface area contributed by atoms with Gasteiger partial charge in [-0.3, -0.25) is 0 Å². The van der Waals surface area contributed by atoms with Crippen LogP contribution in [0.2, 0.25) is 5.02 Å². The Morgan fingerprint density at radius 2 is 2.25 bits per heavy atom. The number of anilines is 1. The lowest BCUT2D eigenvalue weighted by molar-refractivity contribution is -0.0751. The van der Waals surface area contributed by atoms with Gasteiger partial charge in [0.25, 0.3) is 0 Å². The quantitative estimate of drug-likeness (QED) is 0.755. The lowest BCUT2D eigenvalue weighted by atomic mass is 10.1. The van der Waals surface area contributed by atoms with Crippen molar-refractivity contribution < 1.29 is 4.74 Å². The van der Waals surface area contributed by atoms with E-state index >= 15 is 0 Å². The van der Waals surface area contributed by atoms with Crippen molar-refractivity contribution in [2.75, 3.05) is 18.0 Å². The van der Waals surface area contributed by atoms with Gasteiger partial charge < -0.3 is 9.64 Å². The molecular weight excluding hydrogens is 224 g/mol. The van der Waals surface area contributed by atoms with Crippen LogP contribution < -0.4 is 4.90 Å². The minimum Gasteiger partial charge on any atom is -0.369 e. The van der Waals surface area contributed by atoms with Crippen LogP contribution in [0.15, 0.2) is 18.3 Å². The van der Waals surface area contributed by atoms with Crippen LogP contribution >= 0.6 is 11.6 Å². The summed E-state index contributed by atoms with van der Waals surface area (Å²) in [6.07, 6.45) is 1.91. The highest BCUT2D eigenvalue weighted by Gasteiger charge is 2.31. The van der Waals surface area contributed by atoms with E-state index in [1.54, 1.807) is 6.20 Å². The van der Waals surface area contributed by atoms with Gasteiger partial charge in [-0.05, 0) is 32.9 Å². The Morgan fingerprint density at radius 1 is 1.50 bits per heavy atom. The summed E-state index contributed by atoms with van der Waals surface area (Å²) in [4.78, 5) is 6.58. The molecule has 0 N–H and O–H groups in total. The summed E-state index contributed by atoms with van der Waals surface area (Å²) in [5.41, 5.74) is -0.126. The largest absolute Gasteiger partial charge is 0.369 e. The maximum absolute atomic E-state index is 5.85. The Morgan fingerprint density at radius 3 is 2.81 bits per heavy atom. The van der Waals surface area contributed by atoms with Gasteiger partial charge in [-0.25, -0.2) is 4.98 Å². The van der Waals surface area contributed by atoms with Crippen LogP contribution in [-0.4, -0.2) is 29.8 Å². The van der Waals surface area contributed by atoms with Crippen molar-refractivity contribution in [3.63, 3.8) is 0 Å². The van der Waals surface area contributed by atoms with Crippen molar-refractivity contribution in [1.82, 2.24) is 4.98 Å². The molecule has 2 rings (SSSR count). The molecule has 0 bridgehead atoms. The van der Waals surface area contributed by atoms with Crippen molar-refractivity contribution in [3.8, 4) is 0 Å². The second-order valence-corrected chi connectivity index (χ2v) is 5.34. The average Bonchev–Trinajstić information content (AvgIpc) is 2.15. The molecule has 1 aromatic heterocycles. The van der Waals surface area contributed by atoms with E-state index in [4.69, 9.17) is 16.3 Å². The summed E-state index contributed by atoms with van der Waals surface area (Å²) in [7, 11) is 0. The van der Waals surface area contributed by atoms with E-state index in [0.29, 0.717) is 5.02 Å². The molecule has 1 fully saturated rings. The molecule has 88 valence electrons. The maximum Gasteiger partial charge on any atom is 0.128 e. The Kier molecular flexibility index (Phi) is 3.08. The first-order chi connectivity index (χ1) is 7.46. The van der Waals surface area contributed by atoms with Crippen LogP contribution in [0.4, 0.5) is 5.82 Å². The van der Waals surface area contributed by atoms with Gasteiger partial charge in [0.15, 0.2) is 0 Å². The number of pyridine rings is 1. The van der Waals surface area contributed by atoms with Crippen LogP contribution in [0.5, 0.6) is 0 Å². The highest BCUT2D eigenvalue weighted by Crippen LogP contribution is 2.25. The molecule has 1 aromatic rings. The van der Waals surface area contributed by atoms with Crippen LogP contribution in [0.1, 0.15) is 20.8 Å². The molecule has 0 aromatic carbocycles. The first-order valence-electron chi connectivity index (χ1n) is 5.51. The fraction of sp³-hybridized carbons (Fsp3) is 0.583. The zero-order valence-electron chi connectivity index (χ0n) is 9.90. The highest BCUT2D eigenvalue weighted by molar-refractivity contribution is 6.30. The summed E-state index contributed by atoms with van der Waals surface area (Å²) < 4.78 is 5.85. The molecule has 1 saturated heterocycles. The zero-order valence-corrected chi connectivity index (χ0v) is 10.7. The van der Waals surface area contributed by atoms with Crippen LogP contribution in [0.25, 0.3) is 0 Å². The monoisotopic (exact) mass is 240 g/mol. The van der Waals surface area contributed by atoms with E-state index in [-0.39, 0.29) is 11.7 Å². The van der Waals surface area contributed by atoms with E-state index in [2.05, 4.69) is 30.7 Å². The van der Waals surface area contributed by atoms with Crippen LogP contribution in [0, 0.1) is 0 Å². The second kappa shape index (κ2) is 4.22. The third kappa shape index (κ3) is 2.66. The number of rotatable bonds is 1. The second-order valence-electron chi connectivity index (χ2n) is 4.90. The number of aromatic nitrogens is 1. The van der Waals surface area contributed by atoms with Gasteiger partial charge in [-0.15, -0.1) is 0 Å². The summed E-state index contributed by atoms with van der Waals surface area (Å²) in [5.74, 6) is 0.965. The Labute approximate surface area is 101 Å². The topological polar surface area (TPSA) is 25.4 Å². The predicted octanol–water partition coefficient (Wildman–Crippen LogP) is 2.74. The molecule has 4 heteroatoms. The van der Waals surface area contributed by atoms with Crippen molar-refractivity contribution in [2.24, 2.45) is 0 Å². The third-order valence-corrected chi connectivity index (χ3v) is 2.83. The van der Waals surface area contributed by atoms with Crippen molar-refractivity contribution in [1.29, 1.82) is 0 Å². The summed E-state index contributed by atoms with van der Waals surface area (Å²) in [6.45, 7) is 8.02. The average molecular weight is 241 g/mol. The molecule has 1 aliphatic heterocycles. The molecule has 0 saturated carbocycles. The van der Waals surface area contributed by atoms with E-state index in [1.807, 2.05) is 12.1 Å². The first-order valence-corrected chi connectivity index (χ1v) is 5.88. The number of hydrogen-bond donors (Lipinski definition) is 0. The van der Waals surface area contributed by atoms with Crippen molar-refractivity contribution in [2.45, 2.75) is 32.5 Å². The van der Waals surface area contributed by atoms with Gasteiger partial charge in [0, 0.05) is 19.3 Å². The first kappa shape index (κ1) is 11.7. The molecule has 0 spiro atoms. The van der Waals surface area contributed by atoms with E-state index in [0.717, 1.165) is 18.9 Å². The maximum atomic E-state index is 5.85. The van der Waals surface area contributed by atoms with Gasteiger partial charge in [-0.2, -0.15) is 0 Å². The number of nitrogens with zero attached hydrogens (tertiary/aromatic N) is 2. The Balaban J connectivity index is 2.17. The summed E-state index contributed by atoms with van der Waals surface area (Å²) >= 11 is 5.83. The minimum absolute atomic E-state index is 0.126. The number of ether oxygens (including phenoxy) is 1. The highest BCUT2D eigenvalue weighted by atomic mass is 35.5. The summed E-state index contributed by atoms with van der Waals surface area (Å²) in [6, 6.07) is 3.83. The number of halogens is 1. The van der Waals surface area contributed by atoms with Gasteiger partial charge in [0.1, 0.15) is 5.82 Å². The van der Waals surface area contributed by atoms with Gasteiger partial charge in [0.2, 0.25) is 0 Å². The minimum atomic E-state index is -0.126. The normalized spacial score (nSPS) is 24.5. The molecule has 0 radical (unpaired) electrons. The SMILES string of the molecule is CC1CN(c2ccc(Cl)cn2)CC(C)(C)O1. The molecule has 16 heavy (non-hydrogen) atoms. The zero-order chi connectivity index (χ0) is 11.8. The molecule has 1 aliphatic rings. The lowest BCUT2D eigenvalue weighted by Gasteiger charge is -2.42. The molecule has 0 aliphatic carbocycles. The molecule has 3 nitrogen and oxygen atoms in total.